The summed E-state index contributed by atoms with van der Waals surface area (Å²) in [6.45, 7) is 6.06. The van der Waals surface area contributed by atoms with Crippen LogP contribution in [-0.4, -0.2) is 35.0 Å². The standard InChI is InChI=1S/C12H18ClN3O/c1-8-9(2)12(15-14-11(8)13)16-5-3-4-10(6-16)7-17/h10,17H,3-7H2,1-2H3. The lowest BCUT2D eigenvalue weighted by Gasteiger charge is -2.33. The quantitative estimate of drug-likeness (QED) is 0.878. The molecule has 0 aliphatic carbocycles. The van der Waals surface area contributed by atoms with E-state index >= 15 is 0 Å². The lowest BCUT2D eigenvalue weighted by Crippen LogP contribution is -2.38. The number of hydrogen-bond donors (Lipinski definition) is 1. The number of rotatable bonds is 2. The Kier molecular flexibility index (Phi) is 3.84. The summed E-state index contributed by atoms with van der Waals surface area (Å²) in [5, 5.41) is 17.9. The molecule has 1 aliphatic rings. The summed E-state index contributed by atoms with van der Waals surface area (Å²) in [4.78, 5) is 2.20. The topological polar surface area (TPSA) is 49.2 Å². The minimum Gasteiger partial charge on any atom is -0.396 e. The van der Waals surface area contributed by atoms with Crippen LogP contribution in [0.15, 0.2) is 0 Å². The van der Waals surface area contributed by atoms with Gasteiger partial charge in [0, 0.05) is 19.7 Å². The number of anilines is 1. The molecular weight excluding hydrogens is 238 g/mol. The molecule has 1 N–H and O–H groups in total. The molecule has 0 spiro atoms. The highest BCUT2D eigenvalue weighted by atomic mass is 35.5. The third-order valence-electron chi connectivity index (χ3n) is 3.52. The molecule has 0 amide bonds. The van der Waals surface area contributed by atoms with Crippen molar-refractivity contribution in [2.45, 2.75) is 26.7 Å². The van der Waals surface area contributed by atoms with Crippen molar-refractivity contribution >= 4 is 17.4 Å². The first-order valence-electron chi connectivity index (χ1n) is 5.98. The van der Waals surface area contributed by atoms with E-state index in [1.54, 1.807) is 0 Å². The minimum absolute atomic E-state index is 0.246. The van der Waals surface area contributed by atoms with Crippen LogP contribution in [0.5, 0.6) is 0 Å². The van der Waals surface area contributed by atoms with Gasteiger partial charge in [0.1, 0.15) is 0 Å². The molecule has 4 nitrogen and oxygen atoms in total. The summed E-state index contributed by atoms with van der Waals surface area (Å²) in [6, 6.07) is 0. The molecule has 0 saturated carbocycles. The fraction of sp³-hybridized carbons (Fsp3) is 0.667. The molecule has 5 heteroatoms. The van der Waals surface area contributed by atoms with Crippen molar-refractivity contribution in [3.05, 3.63) is 16.3 Å². The van der Waals surface area contributed by atoms with E-state index in [0.29, 0.717) is 11.1 Å². The summed E-state index contributed by atoms with van der Waals surface area (Å²) in [6.07, 6.45) is 2.18. The van der Waals surface area contributed by atoms with Gasteiger partial charge in [0.2, 0.25) is 0 Å². The average molecular weight is 256 g/mol. The smallest absolute Gasteiger partial charge is 0.155 e. The Morgan fingerprint density at radius 2 is 2.12 bits per heavy atom. The molecule has 1 atom stereocenters. The lowest BCUT2D eigenvalue weighted by atomic mass is 9.98. The van der Waals surface area contributed by atoms with E-state index in [4.69, 9.17) is 11.6 Å². The van der Waals surface area contributed by atoms with E-state index in [9.17, 15) is 5.11 Å². The SMILES string of the molecule is Cc1c(Cl)nnc(N2CCCC(CO)C2)c1C. The van der Waals surface area contributed by atoms with Crippen LogP contribution in [0.25, 0.3) is 0 Å². The molecule has 1 aromatic heterocycles. The molecule has 0 bridgehead atoms. The van der Waals surface area contributed by atoms with E-state index in [2.05, 4.69) is 15.1 Å². The molecular formula is C12H18ClN3O. The van der Waals surface area contributed by atoms with Gasteiger partial charge in [-0.3, -0.25) is 0 Å². The number of aromatic nitrogens is 2. The van der Waals surface area contributed by atoms with Crippen molar-refractivity contribution in [3.63, 3.8) is 0 Å². The van der Waals surface area contributed by atoms with Gasteiger partial charge in [-0.2, -0.15) is 0 Å². The highest BCUT2D eigenvalue weighted by Crippen LogP contribution is 2.27. The largest absolute Gasteiger partial charge is 0.396 e. The first-order valence-corrected chi connectivity index (χ1v) is 6.36. The maximum atomic E-state index is 9.24. The molecule has 2 rings (SSSR count). The third-order valence-corrected chi connectivity index (χ3v) is 3.88. The molecule has 1 unspecified atom stereocenters. The number of hydrogen-bond acceptors (Lipinski definition) is 4. The molecule has 1 fully saturated rings. The number of nitrogens with zero attached hydrogens (tertiary/aromatic N) is 3. The highest BCUT2D eigenvalue weighted by Gasteiger charge is 2.22. The van der Waals surface area contributed by atoms with Crippen LogP contribution >= 0.6 is 11.6 Å². The number of piperidine rings is 1. The second-order valence-electron chi connectivity index (χ2n) is 4.70. The molecule has 0 radical (unpaired) electrons. The second kappa shape index (κ2) is 5.19. The summed E-state index contributed by atoms with van der Waals surface area (Å²) < 4.78 is 0. The Labute approximate surface area is 107 Å². The van der Waals surface area contributed by atoms with E-state index in [1.807, 2.05) is 13.8 Å². The molecule has 94 valence electrons. The van der Waals surface area contributed by atoms with Crippen molar-refractivity contribution in [3.8, 4) is 0 Å². The minimum atomic E-state index is 0.246. The first kappa shape index (κ1) is 12.6. The van der Waals surface area contributed by atoms with E-state index in [-0.39, 0.29) is 6.61 Å². The van der Waals surface area contributed by atoms with Gasteiger partial charge in [-0.25, -0.2) is 0 Å². The number of aliphatic hydroxyl groups excluding tert-OH is 1. The van der Waals surface area contributed by atoms with Crippen molar-refractivity contribution in [2.75, 3.05) is 24.6 Å². The Hall–Kier alpha value is -0.870. The lowest BCUT2D eigenvalue weighted by molar-refractivity contribution is 0.208. The summed E-state index contributed by atoms with van der Waals surface area (Å²) in [5.74, 6) is 1.26. The Morgan fingerprint density at radius 1 is 1.35 bits per heavy atom. The van der Waals surface area contributed by atoms with Crippen LogP contribution in [0.2, 0.25) is 5.15 Å². The second-order valence-corrected chi connectivity index (χ2v) is 5.06. The maximum absolute atomic E-state index is 9.24. The van der Waals surface area contributed by atoms with Gasteiger partial charge in [-0.05, 0) is 43.7 Å². The van der Waals surface area contributed by atoms with Gasteiger partial charge in [0.15, 0.2) is 11.0 Å². The summed E-state index contributed by atoms with van der Waals surface area (Å²) >= 11 is 5.95. The molecule has 0 aromatic carbocycles. The van der Waals surface area contributed by atoms with Gasteiger partial charge in [-0.15, -0.1) is 10.2 Å². The van der Waals surface area contributed by atoms with Crippen LogP contribution in [0, 0.1) is 19.8 Å². The zero-order valence-electron chi connectivity index (χ0n) is 10.3. The van der Waals surface area contributed by atoms with Gasteiger partial charge < -0.3 is 10.0 Å². The molecule has 1 aromatic rings. The van der Waals surface area contributed by atoms with Crippen LogP contribution in [0.1, 0.15) is 24.0 Å². The van der Waals surface area contributed by atoms with Crippen molar-refractivity contribution in [1.29, 1.82) is 0 Å². The van der Waals surface area contributed by atoms with Crippen LogP contribution in [-0.2, 0) is 0 Å². The Morgan fingerprint density at radius 3 is 2.82 bits per heavy atom. The van der Waals surface area contributed by atoms with Crippen molar-refractivity contribution < 1.29 is 5.11 Å². The van der Waals surface area contributed by atoms with Crippen LogP contribution in [0.3, 0.4) is 0 Å². The predicted molar refractivity (Wildman–Crippen MR) is 68.5 cm³/mol. The average Bonchev–Trinajstić information content (AvgIpc) is 2.36. The van der Waals surface area contributed by atoms with Gasteiger partial charge >= 0.3 is 0 Å². The number of halogens is 1. The Balaban J connectivity index is 2.25. The highest BCUT2D eigenvalue weighted by molar-refractivity contribution is 6.30. The Bertz CT molecular complexity index is 411. The zero-order valence-corrected chi connectivity index (χ0v) is 11.0. The molecule has 1 saturated heterocycles. The molecule has 1 aliphatic heterocycles. The maximum Gasteiger partial charge on any atom is 0.155 e. The van der Waals surface area contributed by atoms with Crippen LogP contribution < -0.4 is 4.90 Å². The third kappa shape index (κ3) is 2.53. The van der Waals surface area contributed by atoms with Crippen molar-refractivity contribution in [1.82, 2.24) is 10.2 Å². The van der Waals surface area contributed by atoms with Gasteiger partial charge in [0.05, 0.1) is 0 Å². The van der Waals surface area contributed by atoms with Crippen LogP contribution in [0.4, 0.5) is 5.82 Å². The van der Waals surface area contributed by atoms with Gasteiger partial charge in [-0.1, -0.05) is 11.6 Å². The zero-order chi connectivity index (χ0) is 12.4. The number of aliphatic hydroxyl groups is 1. The fourth-order valence-corrected chi connectivity index (χ4v) is 2.45. The normalized spacial score (nSPS) is 20.7. The molecule has 2 heterocycles. The monoisotopic (exact) mass is 255 g/mol. The van der Waals surface area contributed by atoms with E-state index in [0.717, 1.165) is 42.9 Å². The molecule has 17 heavy (non-hydrogen) atoms. The fourth-order valence-electron chi connectivity index (χ4n) is 2.27. The predicted octanol–water partition coefficient (Wildman–Crippen LogP) is 1.96. The summed E-state index contributed by atoms with van der Waals surface area (Å²) in [5.41, 5.74) is 2.08. The van der Waals surface area contributed by atoms with Gasteiger partial charge in [0.25, 0.3) is 0 Å². The van der Waals surface area contributed by atoms with E-state index < -0.39 is 0 Å². The van der Waals surface area contributed by atoms with E-state index in [1.165, 1.54) is 0 Å². The summed E-state index contributed by atoms with van der Waals surface area (Å²) in [7, 11) is 0. The van der Waals surface area contributed by atoms with Crippen molar-refractivity contribution in [2.24, 2.45) is 5.92 Å². The first-order chi connectivity index (χ1) is 8.13.